The SMILES string of the molecule is CNC(=O)c1ccc(CNC2CCC(SC)CC2)cc1. The minimum atomic E-state index is -0.0279. The van der Waals surface area contributed by atoms with E-state index in [0.29, 0.717) is 6.04 Å². The van der Waals surface area contributed by atoms with Crippen LogP contribution in [-0.4, -0.2) is 30.5 Å². The van der Waals surface area contributed by atoms with Crippen LogP contribution in [0.5, 0.6) is 0 Å². The molecule has 0 saturated heterocycles. The first-order chi connectivity index (χ1) is 9.72. The summed E-state index contributed by atoms with van der Waals surface area (Å²) in [6.07, 6.45) is 7.43. The summed E-state index contributed by atoms with van der Waals surface area (Å²) in [6, 6.07) is 8.49. The maximum absolute atomic E-state index is 11.5. The van der Waals surface area contributed by atoms with Gasteiger partial charge >= 0.3 is 0 Å². The molecule has 0 heterocycles. The summed E-state index contributed by atoms with van der Waals surface area (Å²) in [5, 5.41) is 7.13. The molecule has 1 aromatic carbocycles. The van der Waals surface area contributed by atoms with E-state index in [9.17, 15) is 4.79 Å². The van der Waals surface area contributed by atoms with Crippen molar-refractivity contribution in [1.82, 2.24) is 10.6 Å². The molecular formula is C16H24N2OS. The van der Waals surface area contributed by atoms with Crippen molar-refractivity contribution in [2.45, 2.75) is 43.5 Å². The summed E-state index contributed by atoms with van der Waals surface area (Å²) in [7, 11) is 1.66. The molecule has 2 rings (SSSR count). The fourth-order valence-electron chi connectivity index (χ4n) is 2.68. The second-order valence-corrected chi connectivity index (χ2v) is 6.50. The van der Waals surface area contributed by atoms with Gasteiger partial charge < -0.3 is 10.6 Å². The molecule has 0 unspecified atom stereocenters. The molecule has 1 aliphatic rings. The van der Waals surface area contributed by atoms with Crippen molar-refractivity contribution in [2.24, 2.45) is 0 Å². The van der Waals surface area contributed by atoms with E-state index >= 15 is 0 Å². The first kappa shape index (κ1) is 15.4. The lowest BCUT2D eigenvalue weighted by Gasteiger charge is -2.28. The van der Waals surface area contributed by atoms with E-state index in [2.05, 4.69) is 16.9 Å². The third kappa shape index (κ3) is 4.25. The van der Waals surface area contributed by atoms with Crippen molar-refractivity contribution >= 4 is 17.7 Å². The summed E-state index contributed by atoms with van der Waals surface area (Å²) in [6.45, 7) is 0.891. The Balaban J connectivity index is 1.78. The van der Waals surface area contributed by atoms with E-state index in [0.717, 1.165) is 17.4 Å². The maximum atomic E-state index is 11.5. The van der Waals surface area contributed by atoms with Gasteiger partial charge in [0.15, 0.2) is 0 Å². The number of rotatable bonds is 5. The molecule has 1 aliphatic carbocycles. The Morgan fingerprint density at radius 3 is 2.40 bits per heavy atom. The van der Waals surface area contributed by atoms with Crippen molar-refractivity contribution in [2.75, 3.05) is 13.3 Å². The van der Waals surface area contributed by atoms with E-state index in [1.165, 1.54) is 31.2 Å². The fraction of sp³-hybridized carbons (Fsp3) is 0.562. The van der Waals surface area contributed by atoms with Crippen LogP contribution in [-0.2, 0) is 6.54 Å². The van der Waals surface area contributed by atoms with Gasteiger partial charge in [-0.05, 0) is 49.6 Å². The highest BCUT2D eigenvalue weighted by Crippen LogP contribution is 2.26. The molecule has 4 heteroatoms. The molecule has 1 aromatic rings. The van der Waals surface area contributed by atoms with E-state index in [1.54, 1.807) is 7.05 Å². The van der Waals surface area contributed by atoms with Crippen LogP contribution >= 0.6 is 11.8 Å². The third-order valence-corrected chi connectivity index (χ3v) is 5.18. The van der Waals surface area contributed by atoms with Crippen molar-refractivity contribution in [3.8, 4) is 0 Å². The lowest BCUT2D eigenvalue weighted by molar-refractivity contribution is 0.0963. The Kier molecular flexibility index (Phi) is 5.92. The van der Waals surface area contributed by atoms with Crippen LogP contribution in [0.3, 0.4) is 0 Å². The Morgan fingerprint density at radius 2 is 1.85 bits per heavy atom. The van der Waals surface area contributed by atoms with Gasteiger partial charge in [-0.2, -0.15) is 11.8 Å². The maximum Gasteiger partial charge on any atom is 0.251 e. The molecule has 1 amide bonds. The lowest BCUT2D eigenvalue weighted by atomic mass is 9.95. The van der Waals surface area contributed by atoms with E-state index in [4.69, 9.17) is 0 Å². The molecule has 3 nitrogen and oxygen atoms in total. The molecule has 2 N–H and O–H groups in total. The molecule has 0 bridgehead atoms. The molecule has 0 aromatic heterocycles. The third-order valence-electron chi connectivity index (χ3n) is 4.05. The monoisotopic (exact) mass is 292 g/mol. The van der Waals surface area contributed by atoms with Gasteiger partial charge in [0.1, 0.15) is 0 Å². The number of carbonyl (C=O) groups is 1. The molecular weight excluding hydrogens is 268 g/mol. The average Bonchev–Trinajstić information content (AvgIpc) is 2.53. The zero-order valence-electron chi connectivity index (χ0n) is 12.3. The van der Waals surface area contributed by atoms with Gasteiger partial charge in [-0.25, -0.2) is 0 Å². The van der Waals surface area contributed by atoms with Crippen molar-refractivity contribution in [3.63, 3.8) is 0 Å². The van der Waals surface area contributed by atoms with Crippen LogP contribution < -0.4 is 10.6 Å². The van der Waals surface area contributed by atoms with Crippen LogP contribution in [0.4, 0.5) is 0 Å². The largest absolute Gasteiger partial charge is 0.355 e. The van der Waals surface area contributed by atoms with Crippen LogP contribution in [0.1, 0.15) is 41.6 Å². The van der Waals surface area contributed by atoms with Crippen molar-refractivity contribution in [3.05, 3.63) is 35.4 Å². The van der Waals surface area contributed by atoms with Gasteiger partial charge in [-0.3, -0.25) is 4.79 Å². The topological polar surface area (TPSA) is 41.1 Å². The average molecular weight is 292 g/mol. The molecule has 1 fully saturated rings. The molecule has 0 aliphatic heterocycles. The predicted molar refractivity (Wildman–Crippen MR) is 86.2 cm³/mol. The van der Waals surface area contributed by atoms with E-state index < -0.39 is 0 Å². The molecule has 0 radical (unpaired) electrons. The molecule has 0 atom stereocenters. The Bertz CT molecular complexity index is 425. The number of nitrogens with one attached hydrogen (secondary N) is 2. The molecule has 1 saturated carbocycles. The quantitative estimate of drug-likeness (QED) is 0.877. The van der Waals surface area contributed by atoms with Gasteiger partial charge in [0.2, 0.25) is 0 Å². The Hall–Kier alpha value is -1.00. The summed E-state index contributed by atoms with van der Waals surface area (Å²) in [5.74, 6) is -0.0279. The number of hydrogen-bond acceptors (Lipinski definition) is 3. The van der Waals surface area contributed by atoms with Crippen LogP contribution in [0.15, 0.2) is 24.3 Å². The first-order valence-electron chi connectivity index (χ1n) is 7.30. The minimum Gasteiger partial charge on any atom is -0.355 e. The highest BCUT2D eigenvalue weighted by molar-refractivity contribution is 7.99. The van der Waals surface area contributed by atoms with E-state index in [1.807, 2.05) is 36.0 Å². The Labute approximate surface area is 125 Å². The number of carbonyl (C=O) groups excluding carboxylic acids is 1. The highest BCUT2D eigenvalue weighted by atomic mass is 32.2. The van der Waals surface area contributed by atoms with Gasteiger partial charge in [-0.1, -0.05) is 12.1 Å². The minimum absolute atomic E-state index is 0.0279. The summed E-state index contributed by atoms with van der Waals surface area (Å²) < 4.78 is 0. The van der Waals surface area contributed by atoms with E-state index in [-0.39, 0.29) is 5.91 Å². The van der Waals surface area contributed by atoms with Gasteiger partial charge in [0, 0.05) is 30.4 Å². The first-order valence-corrected chi connectivity index (χ1v) is 8.59. The second-order valence-electron chi connectivity index (χ2n) is 5.37. The standard InChI is InChI=1S/C16H24N2OS/c1-17-16(19)13-5-3-12(4-6-13)11-18-14-7-9-15(20-2)10-8-14/h3-6,14-15,18H,7-11H2,1-2H3,(H,17,19). The van der Waals surface area contributed by atoms with Gasteiger partial charge in [0.25, 0.3) is 5.91 Å². The summed E-state index contributed by atoms with van der Waals surface area (Å²) in [4.78, 5) is 11.5. The van der Waals surface area contributed by atoms with Crippen LogP contribution in [0.25, 0.3) is 0 Å². The van der Waals surface area contributed by atoms with Crippen LogP contribution in [0.2, 0.25) is 0 Å². The normalized spacial score (nSPS) is 22.5. The summed E-state index contributed by atoms with van der Waals surface area (Å²) in [5.41, 5.74) is 1.96. The van der Waals surface area contributed by atoms with Gasteiger partial charge in [0.05, 0.1) is 0 Å². The number of amides is 1. The predicted octanol–water partition coefficient (Wildman–Crippen LogP) is 2.81. The molecule has 20 heavy (non-hydrogen) atoms. The zero-order valence-corrected chi connectivity index (χ0v) is 13.1. The molecule has 110 valence electrons. The van der Waals surface area contributed by atoms with Crippen LogP contribution in [0, 0.1) is 0 Å². The number of thioether (sulfide) groups is 1. The van der Waals surface area contributed by atoms with Crippen molar-refractivity contribution in [1.29, 1.82) is 0 Å². The van der Waals surface area contributed by atoms with Gasteiger partial charge in [-0.15, -0.1) is 0 Å². The fourth-order valence-corrected chi connectivity index (χ4v) is 3.43. The number of hydrogen-bond donors (Lipinski definition) is 2. The Morgan fingerprint density at radius 1 is 1.20 bits per heavy atom. The highest BCUT2D eigenvalue weighted by Gasteiger charge is 2.19. The van der Waals surface area contributed by atoms with Crippen molar-refractivity contribution < 1.29 is 4.79 Å². The smallest absolute Gasteiger partial charge is 0.251 e. The second kappa shape index (κ2) is 7.70. The number of benzene rings is 1. The zero-order chi connectivity index (χ0) is 14.4. The molecule has 0 spiro atoms. The summed E-state index contributed by atoms with van der Waals surface area (Å²) >= 11 is 2.00. The lowest BCUT2D eigenvalue weighted by Crippen LogP contribution is -2.33.